The van der Waals surface area contributed by atoms with Crippen molar-refractivity contribution >= 4 is 40.2 Å². The van der Waals surface area contributed by atoms with Gasteiger partial charge in [0.25, 0.3) is 0 Å². The van der Waals surface area contributed by atoms with Gasteiger partial charge >= 0.3 is 5.97 Å². The number of carbonyl (C=O) groups excluding carboxylic acids is 2. The van der Waals surface area contributed by atoms with Gasteiger partial charge in [0, 0.05) is 40.3 Å². The number of aromatic amines is 2. The van der Waals surface area contributed by atoms with Gasteiger partial charge < -0.3 is 20.0 Å². The van der Waals surface area contributed by atoms with Gasteiger partial charge in [-0.25, -0.2) is 9.78 Å². The van der Waals surface area contributed by atoms with Crippen LogP contribution in [0.3, 0.4) is 0 Å². The van der Waals surface area contributed by atoms with E-state index in [-0.39, 0.29) is 23.7 Å². The van der Waals surface area contributed by atoms with Gasteiger partial charge in [-0.15, -0.1) is 0 Å². The van der Waals surface area contributed by atoms with Crippen LogP contribution in [0.4, 0.5) is 5.69 Å². The van der Waals surface area contributed by atoms with Crippen LogP contribution < -0.4 is 5.32 Å². The van der Waals surface area contributed by atoms with E-state index in [9.17, 15) is 9.59 Å². The van der Waals surface area contributed by atoms with E-state index in [2.05, 4.69) is 41.3 Å². The van der Waals surface area contributed by atoms with Crippen LogP contribution in [-0.2, 0) is 9.53 Å². The average molecular weight is 513 g/mol. The normalized spacial score (nSPS) is 18.4. The van der Waals surface area contributed by atoms with Gasteiger partial charge in [0.15, 0.2) is 10.9 Å². The number of nitrogens with one attached hydrogen (secondary N) is 3. The zero-order valence-electron chi connectivity index (χ0n) is 21.0. The minimum Gasteiger partial charge on any atom is -0.461 e. The number of esters is 1. The van der Waals surface area contributed by atoms with E-state index in [1.807, 2.05) is 42.6 Å². The molecule has 2 aliphatic rings. The fourth-order valence-corrected chi connectivity index (χ4v) is 6.32. The molecule has 4 aromatic rings. The number of hydrogen-bond donors (Lipinski definition) is 3. The van der Waals surface area contributed by atoms with Crippen LogP contribution >= 0.6 is 11.8 Å². The molecule has 1 aliphatic heterocycles. The van der Waals surface area contributed by atoms with Gasteiger partial charge in [-0.05, 0) is 48.6 Å². The summed E-state index contributed by atoms with van der Waals surface area (Å²) >= 11 is 1.55. The molecule has 37 heavy (non-hydrogen) atoms. The van der Waals surface area contributed by atoms with Crippen LogP contribution in [0.1, 0.15) is 61.1 Å². The number of ether oxygens (including phenoxy) is 1. The first-order chi connectivity index (χ1) is 17.8. The number of Topliss-reactive ketones (excluding diaryl/α,β-unsaturated/α-hetero) is 1. The van der Waals surface area contributed by atoms with Crippen LogP contribution in [0, 0.1) is 5.41 Å². The fraction of sp³-hybridized carbons (Fsp3) is 0.276. The maximum Gasteiger partial charge on any atom is 0.356 e. The monoisotopic (exact) mass is 512 g/mol. The Labute approximate surface area is 219 Å². The molecule has 2 aromatic heterocycles. The van der Waals surface area contributed by atoms with E-state index in [0.717, 1.165) is 49.9 Å². The number of rotatable bonds is 5. The lowest BCUT2D eigenvalue weighted by molar-refractivity contribution is -0.118. The van der Waals surface area contributed by atoms with Crippen molar-refractivity contribution in [2.24, 2.45) is 5.41 Å². The topological polar surface area (TPSA) is 99.9 Å². The minimum atomic E-state index is -0.408. The van der Waals surface area contributed by atoms with E-state index >= 15 is 0 Å². The Kier molecular flexibility index (Phi) is 5.71. The van der Waals surface area contributed by atoms with Crippen molar-refractivity contribution in [3.05, 3.63) is 82.8 Å². The highest BCUT2D eigenvalue weighted by molar-refractivity contribution is 7.99. The smallest absolute Gasteiger partial charge is 0.356 e. The Morgan fingerprint density at radius 2 is 2.00 bits per heavy atom. The predicted octanol–water partition coefficient (Wildman–Crippen LogP) is 6.42. The Balaban J connectivity index is 1.43. The number of hydrogen-bond acceptors (Lipinski definition) is 6. The molecule has 7 nitrogen and oxygen atoms in total. The molecule has 0 fully saturated rings. The first-order valence-corrected chi connectivity index (χ1v) is 13.3. The quantitative estimate of drug-likeness (QED) is 0.267. The maximum absolute atomic E-state index is 13.5. The van der Waals surface area contributed by atoms with Crippen molar-refractivity contribution < 1.29 is 14.3 Å². The molecule has 3 N–H and O–H groups in total. The molecular formula is C29H28N4O3S. The van der Waals surface area contributed by atoms with Crippen LogP contribution in [0.2, 0.25) is 0 Å². The predicted molar refractivity (Wildman–Crippen MR) is 144 cm³/mol. The number of fused-ring (bicyclic) bond motifs is 2. The maximum atomic E-state index is 13.5. The summed E-state index contributed by atoms with van der Waals surface area (Å²) in [5, 5.41) is 4.26. The third kappa shape index (κ3) is 4.25. The molecule has 0 bridgehead atoms. The second-order valence-corrected chi connectivity index (χ2v) is 11.4. The molecule has 8 heteroatoms. The molecule has 0 saturated heterocycles. The van der Waals surface area contributed by atoms with Crippen molar-refractivity contribution in [1.82, 2.24) is 15.0 Å². The van der Waals surface area contributed by atoms with Gasteiger partial charge in [0.2, 0.25) is 0 Å². The number of para-hydroxylation sites is 2. The standard InChI is InChI=1S/C29H28N4O3S/c1-4-36-27(35)26-25-18(15-30-26)23(24-21(31-25)13-29(2,3)14-22(24)34)16-8-7-9-17(12-16)37-28-32-19-10-5-6-11-20(19)33-28/h5-12,15,23,30-31H,4,13-14H2,1-3H3,(H,32,33). The van der Waals surface area contributed by atoms with Gasteiger partial charge in [-0.3, -0.25) is 4.79 Å². The Morgan fingerprint density at radius 3 is 2.81 bits per heavy atom. The van der Waals surface area contributed by atoms with E-state index < -0.39 is 5.97 Å². The highest BCUT2D eigenvalue weighted by atomic mass is 32.2. The second-order valence-electron chi connectivity index (χ2n) is 10.3. The summed E-state index contributed by atoms with van der Waals surface area (Å²) in [6, 6.07) is 16.2. The summed E-state index contributed by atoms with van der Waals surface area (Å²) in [4.78, 5) is 38.5. The Hall–Kier alpha value is -3.78. The Bertz CT molecular complexity index is 1550. The number of ketones is 1. The minimum absolute atomic E-state index is 0.142. The number of H-pyrrole nitrogens is 2. The molecule has 3 heterocycles. The van der Waals surface area contributed by atoms with Gasteiger partial charge in [-0.2, -0.15) is 0 Å². The van der Waals surface area contributed by atoms with Gasteiger partial charge in [0.1, 0.15) is 5.69 Å². The van der Waals surface area contributed by atoms with E-state index in [1.54, 1.807) is 18.7 Å². The SMILES string of the molecule is CCOC(=O)c1[nH]cc2c1NC1=C(C(=O)CC(C)(C)C1)C2c1cccc(Sc2nc3ccccc3[nH]2)c1. The summed E-state index contributed by atoms with van der Waals surface area (Å²) < 4.78 is 5.29. The summed E-state index contributed by atoms with van der Waals surface area (Å²) in [5.41, 5.74) is 6.39. The molecule has 6 rings (SSSR count). The van der Waals surface area contributed by atoms with E-state index in [4.69, 9.17) is 9.72 Å². The summed E-state index contributed by atoms with van der Waals surface area (Å²) in [5.74, 6) is -0.552. The van der Waals surface area contributed by atoms with Crippen molar-refractivity contribution in [2.75, 3.05) is 11.9 Å². The van der Waals surface area contributed by atoms with Gasteiger partial charge in [-0.1, -0.05) is 49.9 Å². The number of carbonyl (C=O) groups is 2. The zero-order chi connectivity index (χ0) is 25.7. The third-order valence-corrected chi connectivity index (χ3v) is 7.84. The summed E-state index contributed by atoms with van der Waals surface area (Å²) in [6.07, 6.45) is 3.04. The zero-order valence-corrected chi connectivity index (χ0v) is 21.8. The molecular weight excluding hydrogens is 484 g/mol. The third-order valence-electron chi connectivity index (χ3n) is 6.96. The lowest BCUT2D eigenvalue weighted by Crippen LogP contribution is -2.33. The number of anilines is 1. The first kappa shape index (κ1) is 23.6. The lowest BCUT2D eigenvalue weighted by atomic mass is 9.69. The van der Waals surface area contributed by atoms with Crippen molar-refractivity contribution in [1.29, 1.82) is 0 Å². The molecule has 0 saturated carbocycles. The van der Waals surface area contributed by atoms with E-state index in [0.29, 0.717) is 17.8 Å². The first-order valence-electron chi connectivity index (χ1n) is 12.5. The van der Waals surface area contributed by atoms with E-state index in [1.165, 1.54) is 0 Å². The largest absolute Gasteiger partial charge is 0.461 e. The molecule has 0 amide bonds. The highest BCUT2D eigenvalue weighted by Crippen LogP contribution is 2.50. The number of nitrogens with zero attached hydrogens (tertiary/aromatic N) is 1. The molecule has 1 atom stereocenters. The average Bonchev–Trinajstić information content (AvgIpc) is 3.45. The highest BCUT2D eigenvalue weighted by Gasteiger charge is 2.42. The number of imidazole rings is 1. The number of allylic oxidation sites excluding steroid dienone is 2. The van der Waals surface area contributed by atoms with Crippen LogP contribution in [0.5, 0.6) is 0 Å². The summed E-state index contributed by atoms with van der Waals surface area (Å²) in [6.45, 7) is 6.29. The number of aromatic nitrogens is 3. The molecule has 1 unspecified atom stereocenters. The van der Waals surface area contributed by atoms with Crippen LogP contribution in [0.25, 0.3) is 11.0 Å². The van der Waals surface area contributed by atoms with Gasteiger partial charge in [0.05, 0.1) is 23.3 Å². The van der Waals surface area contributed by atoms with Crippen molar-refractivity contribution in [3.8, 4) is 0 Å². The molecule has 0 spiro atoms. The van der Waals surface area contributed by atoms with Crippen LogP contribution in [0.15, 0.2) is 76.0 Å². The fourth-order valence-electron chi connectivity index (χ4n) is 5.45. The van der Waals surface area contributed by atoms with Crippen LogP contribution in [-0.4, -0.2) is 33.3 Å². The second kappa shape index (κ2) is 8.95. The molecule has 2 aromatic carbocycles. The lowest BCUT2D eigenvalue weighted by Gasteiger charge is -2.38. The molecule has 1 aliphatic carbocycles. The Morgan fingerprint density at radius 1 is 1.16 bits per heavy atom. The number of benzene rings is 2. The summed E-state index contributed by atoms with van der Waals surface area (Å²) in [7, 11) is 0. The molecule has 0 radical (unpaired) electrons. The van der Waals surface area contributed by atoms with Crippen molar-refractivity contribution in [2.45, 2.75) is 49.6 Å². The van der Waals surface area contributed by atoms with Crippen molar-refractivity contribution in [3.63, 3.8) is 0 Å². The molecule has 188 valence electrons.